The van der Waals surface area contributed by atoms with Gasteiger partial charge in [-0.05, 0) is 47.5 Å². The van der Waals surface area contributed by atoms with E-state index in [0.717, 1.165) is 10.2 Å². The van der Waals surface area contributed by atoms with Gasteiger partial charge in [-0.3, -0.25) is 0 Å². The van der Waals surface area contributed by atoms with Crippen LogP contribution in [0.25, 0.3) is 22.0 Å². The van der Waals surface area contributed by atoms with Gasteiger partial charge in [-0.15, -0.1) is 0 Å². The van der Waals surface area contributed by atoms with E-state index >= 15 is 0 Å². The van der Waals surface area contributed by atoms with Crippen LogP contribution in [-0.2, 0) is 0 Å². The lowest BCUT2D eigenvalue weighted by Crippen LogP contribution is -1.85. The maximum atomic E-state index is 5.38. The summed E-state index contributed by atoms with van der Waals surface area (Å²) in [7, 11) is 0. The molecule has 1 nitrogen and oxygen atoms in total. The Hall–Kier alpha value is -2.36. The van der Waals surface area contributed by atoms with Gasteiger partial charge in [-0.2, -0.15) is 0 Å². The molecule has 0 spiro atoms. The Bertz CT molecular complexity index is 1030. The molecule has 3 heteroatoms. The Morgan fingerprint density at radius 1 is 0.708 bits per heavy atom. The van der Waals surface area contributed by atoms with E-state index in [1.54, 1.807) is 11.8 Å². The number of para-hydroxylation sites is 1. The first kappa shape index (κ1) is 15.2. The van der Waals surface area contributed by atoms with Crippen LogP contribution >= 0.6 is 24.0 Å². The van der Waals surface area contributed by atoms with E-state index in [9.17, 15) is 0 Å². The van der Waals surface area contributed by atoms with Crippen molar-refractivity contribution in [3.63, 3.8) is 0 Å². The molecule has 1 heterocycles. The second-order valence-corrected chi connectivity index (χ2v) is 7.12. The van der Waals surface area contributed by atoms with Gasteiger partial charge in [0.15, 0.2) is 0 Å². The summed E-state index contributed by atoms with van der Waals surface area (Å²) in [5.41, 5.74) is 3.43. The fourth-order valence-corrected chi connectivity index (χ4v) is 3.84. The summed E-state index contributed by atoms with van der Waals surface area (Å²) in [6.07, 6.45) is 0. The van der Waals surface area contributed by atoms with E-state index in [2.05, 4.69) is 71.7 Å². The van der Waals surface area contributed by atoms with Crippen LogP contribution < -0.4 is 0 Å². The molecule has 0 bridgehead atoms. The first-order chi connectivity index (χ1) is 11.8. The molecule has 1 aromatic heterocycles. The minimum Gasteiger partial charge on any atom is -0.346 e. The van der Waals surface area contributed by atoms with Crippen molar-refractivity contribution in [2.45, 2.75) is 9.79 Å². The zero-order chi connectivity index (χ0) is 16.4. The average Bonchev–Trinajstić information content (AvgIpc) is 2.62. The predicted molar refractivity (Wildman–Crippen MR) is 105 cm³/mol. The second kappa shape index (κ2) is 6.63. The van der Waals surface area contributed by atoms with Gasteiger partial charge in [0, 0.05) is 20.7 Å². The number of aromatic nitrogens is 1. The molecule has 0 saturated carbocycles. The Morgan fingerprint density at radius 2 is 1.38 bits per heavy atom. The van der Waals surface area contributed by atoms with E-state index in [-0.39, 0.29) is 0 Å². The van der Waals surface area contributed by atoms with Gasteiger partial charge in [0.05, 0.1) is 0 Å². The van der Waals surface area contributed by atoms with Gasteiger partial charge < -0.3 is 4.98 Å². The Balaban J connectivity index is 1.72. The average molecular weight is 345 g/mol. The SMILES string of the molecule is S=c1cc(-c2ccc(Sc3ccccc3)cc2)c2ccccc2[nH]1. The molecule has 116 valence electrons. The first-order valence-electron chi connectivity index (χ1n) is 7.75. The highest BCUT2D eigenvalue weighted by atomic mass is 32.2. The molecule has 1 N–H and O–H groups in total. The van der Waals surface area contributed by atoms with Crippen molar-refractivity contribution in [3.05, 3.63) is 89.6 Å². The quantitative estimate of drug-likeness (QED) is 0.415. The van der Waals surface area contributed by atoms with Crippen molar-refractivity contribution in [3.8, 4) is 11.1 Å². The summed E-state index contributed by atoms with van der Waals surface area (Å²) in [5.74, 6) is 0. The summed E-state index contributed by atoms with van der Waals surface area (Å²) in [4.78, 5) is 5.73. The largest absolute Gasteiger partial charge is 0.346 e. The topological polar surface area (TPSA) is 15.8 Å². The lowest BCUT2D eigenvalue weighted by atomic mass is 10.0. The molecule has 0 aliphatic heterocycles. The van der Waals surface area contributed by atoms with Crippen LogP contribution in [0.1, 0.15) is 0 Å². The Morgan fingerprint density at radius 3 is 2.17 bits per heavy atom. The minimum absolute atomic E-state index is 0.756. The highest BCUT2D eigenvalue weighted by Gasteiger charge is 2.05. The van der Waals surface area contributed by atoms with Crippen LogP contribution in [0.5, 0.6) is 0 Å². The van der Waals surface area contributed by atoms with Crippen LogP contribution in [0.2, 0.25) is 0 Å². The summed E-state index contributed by atoms with van der Waals surface area (Å²) in [5, 5.41) is 1.19. The summed E-state index contributed by atoms with van der Waals surface area (Å²) >= 11 is 7.15. The van der Waals surface area contributed by atoms with Crippen molar-refractivity contribution < 1.29 is 0 Å². The van der Waals surface area contributed by atoms with E-state index < -0.39 is 0 Å². The van der Waals surface area contributed by atoms with Crippen LogP contribution in [0, 0.1) is 4.64 Å². The monoisotopic (exact) mass is 345 g/mol. The molecule has 4 aromatic rings. The van der Waals surface area contributed by atoms with E-state index in [0.29, 0.717) is 0 Å². The maximum Gasteiger partial charge on any atom is 0.104 e. The van der Waals surface area contributed by atoms with Crippen LogP contribution in [0.4, 0.5) is 0 Å². The summed E-state index contributed by atoms with van der Waals surface area (Å²) in [6, 6.07) is 29.4. The number of nitrogens with one attached hydrogen (secondary N) is 1. The third-order valence-electron chi connectivity index (χ3n) is 3.89. The van der Waals surface area contributed by atoms with E-state index in [4.69, 9.17) is 12.2 Å². The number of aromatic amines is 1. The molecule has 0 radical (unpaired) electrons. The maximum absolute atomic E-state index is 5.38. The number of benzene rings is 3. The number of hydrogen-bond donors (Lipinski definition) is 1. The zero-order valence-electron chi connectivity index (χ0n) is 12.9. The number of hydrogen-bond acceptors (Lipinski definition) is 2. The van der Waals surface area contributed by atoms with Crippen LogP contribution in [0.15, 0.2) is 94.7 Å². The Kier molecular flexibility index (Phi) is 4.20. The van der Waals surface area contributed by atoms with Crippen molar-refractivity contribution in [2.24, 2.45) is 0 Å². The lowest BCUT2D eigenvalue weighted by molar-refractivity contribution is 1.37. The highest BCUT2D eigenvalue weighted by molar-refractivity contribution is 7.99. The molecule has 0 aliphatic carbocycles. The Labute approximate surface area is 150 Å². The third kappa shape index (κ3) is 3.14. The van der Waals surface area contributed by atoms with Crippen LogP contribution in [0.3, 0.4) is 0 Å². The summed E-state index contributed by atoms with van der Waals surface area (Å²) < 4.78 is 0.756. The van der Waals surface area contributed by atoms with Gasteiger partial charge in [-0.25, -0.2) is 0 Å². The van der Waals surface area contributed by atoms with Crippen LogP contribution in [-0.4, -0.2) is 4.98 Å². The number of pyridine rings is 1. The van der Waals surface area contributed by atoms with Gasteiger partial charge in [0.1, 0.15) is 4.64 Å². The van der Waals surface area contributed by atoms with Crippen molar-refractivity contribution >= 4 is 34.9 Å². The molecule has 0 fully saturated rings. The summed E-state index contributed by atoms with van der Waals surface area (Å²) in [6.45, 7) is 0. The molecule has 0 aliphatic rings. The molecule has 4 rings (SSSR count). The van der Waals surface area contributed by atoms with Gasteiger partial charge >= 0.3 is 0 Å². The molecule has 0 unspecified atom stereocenters. The first-order valence-corrected chi connectivity index (χ1v) is 8.97. The zero-order valence-corrected chi connectivity index (χ0v) is 14.5. The molecule has 0 saturated heterocycles. The van der Waals surface area contributed by atoms with Gasteiger partial charge in [0.25, 0.3) is 0 Å². The predicted octanol–water partition coefficient (Wildman–Crippen LogP) is 6.72. The number of rotatable bonds is 3. The standard InChI is InChI=1S/C21H15NS2/c23-21-14-19(18-8-4-5-9-20(18)22-21)15-10-12-17(13-11-15)24-16-6-2-1-3-7-16/h1-14H,(H,22,23). The fraction of sp³-hybridized carbons (Fsp3) is 0. The molecule has 3 aromatic carbocycles. The second-order valence-electron chi connectivity index (χ2n) is 5.53. The van der Waals surface area contributed by atoms with Crippen molar-refractivity contribution in [1.82, 2.24) is 4.98 Å². The molecular weight excluding hydrogens is 330 g/mol. The normalized spacial score (nSPS) is 10.8. The smallest absolute Gasteiger partial charge is 0.104 e. The molecule has 24 heavy (non-hydrogen) atoms. The van der Waals surface area contributed by atoms with E-state index in [1.165, 1.54) is 26.3 Å². The third-order valence-corrected chi connectivity index (χ3v) is 5.13. The van der Waals surface area contributed by atoms with Crippen molar-refractivity contribution in [1.29, 1.82) is 0 Å². The highest BCUT2D eigenvalue weighted by Crippen LogP contribution is 2.32. The van der Waals surface area contributed by atoms with E-state index in [1.807, 2.05) is 18.2 Å². The number of fused-ring (bicyclic) bond motifs is 1. The van der Waals surface area contributed by atoms with Gasteiger partial charge in [0.2, 0.25) is 0 Å². The van der Waals surface area contributed by atoms with Crippen molar-refractivity contribution in [2.75, 3.05) is 0 Å². The lowest BCUT2D eigenvalue weighted by Gasteiger charge is -2.08. The molecular formula is C21H15NS2. The minimum atomic E-state index is 0.756. The number of H-pyrrole nitrogens is 1. The van der Waals surface area contributed by atoms with Gasteiger partial charge in [-0.1, -0.05) is 72.5 Å². The molecule has 0 amide bonds. The molecule has 0 atom stereocenters. The fourth-order valence-electron chi connectivity index (χ4n) is 2.77.